The van der Waals surface area contributed by atoms with Crippen LogP contribution in [0.4, 0.5) is 20.6 Å². The standard InChI is InChI=1S/C25H29ClFN5O2/c1-25(2,3)23-15-20(32(30-23)19-6-4-5-17(26)13-19)16-28-24(33)29-18-7-8-22(21(27)14-18)31-9-11-34-12-10-31/h4-8,13-15H,9-12,16H2,1-3H3,(H2,28,29,33). The minimum atomic E-state index is -0.435. The molecule has 2 amide bonds. The second-order valence-corrected chi connectivity index (χ2v) is 9.67. The summed E-state index contributed by atoms with van der Waals surface area (Å²) in [6.07, 6.45) is 0. The summed E-state index contributed by atoms with van der Waals surface area (Å²) < 4.78 is 21.7. The van der Waals surface area contributed by atoms with Crippen molar-refractivity contribution in [1.29, 1.82) is 0 Å². The largest absolute Gasteiger partial charge is 0.378 e. The van der Waals surface area contributed by atoms with Crippen molar-refractivity contribution in [2.75, 3.05) is 36.5 Å². The van der Waals surface area contributed by atoms with Crippen molar-refractivity contribution in [3.05, 3.63) is 70.8 Å². The van der Waals surface area contributed by atoms with Gasteiger partial charge in [0.05, 0.1) is 42.5 Å². The third kappa shape index (κ3) is 5.69. The molecule has 0 saturated carbocycles. The number of amides is 2. The number of hydrogen-bond donors (Lipinski definition) is 2. The molecule has 7 nitrogen and oxygen atoms in total. The van der Waals surface area contributed by atoms with Gasteiger partial charge in [-0.2, -0.15) is 5.10 Å². The summed E-state index contributed by atoms with van der Waals surface area (Å²) in [5.74, 6) is -0.381. The highest BCUT2D eigenvalue weighted by molar-refractivity contribution is 6.30. The van der Waals surface area contributed by atoms with E-state index in [1.54, 1.807) is 22.9 Å². The Labute approximate surface area is 203 Å². The quantitative estimate of drug-likeness (QED) is 0.526. The van der Waals surface area contributed by atoms with Crippen LogP contribution in [0.25, 0.3) is 5.69 Å². The first kappa shape index (κ1) is 24.0. The molecule has 2 N–H and O–H groups in total. The summed E-state index contributed by atoms with van der Waals surface area (Å²) in [5, 5.41) is 10.9. The molecule has 34 heavy (non-hydrogen) atoms. The molecule has 0 unspecified atom stereocenters. The van der Waals surface area contributed by atoms with Gasteiger partial charge in [-0.1, -0.05) is 38.4 Å². The van der Waals surface area contributed by atoms with Crippen molar-refractivity contribution in [3.63, 3.8) is 0 Å². The van der Waals surface area contributed by atoms with E-state index in [0.29, 0.717) is 42.7 Å². The van der Waals surface area contributed by atoms with Crippen LogP contribution in [-0.2, 0) is 16.7 Å². The molecule has 1 aliphatic heterocycles. The Bertz CT molecular complexity index is 1170. The maximum atomic E-state index is 14.6. The molecule has 1 fully saturated rings. The maximum Gasteiger partial charge on any atom is 0.319 e. The molecule has 1 saturated heterocycles. The summed E-state index contributed by atoms with van der Waals surface area (Å²) in [6, 6.07) is 13.6. The van der Waals surface area contributed by atoms with Gasteiger partial charge in [-0.15, -0.1) is 0 Å². The predicted molar refractivity (Wildman–Crippen MR) is 133 cm³/mol. The number of carbonyl (C=O) groups excluding carboxylic acids is 1. The average molecular weight is 486 g/mol. The summed E-state index contributed by atoms with van der Waals surface area (Å²) in [5.41, 5.74) is 3.23. The highest BCUT2D eigenvalue weighted by Crippen LogP contribution is 2.26. The first-order valence-electron chi connectivity index (χ1n) is 11.2. The molecule has 2 aromatic carbocycles. The Hall–Kier alpha value is -3.10. The van der Waals surface area contributed by atoms with E-state index < -0.39 is 6.03 Å². The summed E-state index contributed by atoms with van der Waals surface area (Å²) in [6.45, 7) is 8.90. The van der Waals surface area contributed by atoms with Gasteiger partial charge in [-0.25, -0.2) is 13.9 Å². The fourth-order valence-corrected chi connectivity index (χ4v) is 3.92. The van der Waals surface area contributed by atoms with Gasteiger partial charge < -0.3 is 20.3 Å². The van der Waals surface area contributed by atoms with Crippen molar-refractivity contribution >= 4 is 29.0 Å². The van der Waals surface area contributed by atoms with Gasteiger partial charge in [0.15, 0.2) is 0 Å². The Kier molecular flexibility index (Phi) is 7.09. The maximum absolute atomic E-state index is 14.6. The third-order valence-corrected chi connectivity index (χ3v) is 5.83. The Morgan fingerprint density at radius 3 is 2.59 bits per heavy atom. The molecule has 1 aromatic heterocycles. The first-order chi connectivity index (χ1) is 16.2. The van der Waals surface area contributed by atoms with Crippen LogP contribution in [0.5, 0.6) is 0 Å². The van der Waals surface area contributed by atoms with E-state index in [0.717, 1.165) is 17.1 Å². The average Bonchev–Trinajstić information content (AvgIpc) is 3.23. The molecule has 180 valence electrons. The fraction of sp³-hybridized carbons (Fsp3) is 0.360. The SMILES string of the molecule is CC(C)(C)c1cc(CNC(=O)Nc2ccc(N3CCOCC3)c(F)c2)n(-c2cccc(Cl)c2)n1. The summed E-state index contributed by atoms with van der Waals surface area (Å²) >= 11 is 6.17. The van der Waals surface area contributed by atoms with Gasteiger partial charge >= 0.3 is 6.03 Å². The van der Waals surface area contributed by atoms with Crippen molar-refractivity contribution in [1.82, 2.24) is 15.1 Å². The van der Waals surface area contributed by atoms with E-state index in [-0.39, 0.29) is 17.8 Å². The number of nitrogens with one attached hydrogen (secondary N) is 2. The van der Waals surface area contributed by atoms with Crippen molar-refractivity contribution < 1.29 is 13.9 Å². The zero-order valence-electron chi connectivity index (χ0n) is 19.6. The fourth-order valence-electron chi connectivity index (χ4n) is 3.74. The van der Waals surface area contributed by atoms with Gasteiger partial charge in [0, 0.05) is 29.2 Å². The van der Waals surface area contributed by atoms with Crippen LogP contribution in [0.2, 0.25) is 5.02 Å². The lowest BCUT2D eigenvalue weighted by molar-refractivity contribution is 0.122. The number of hydrogen-bond acceptors (Lipinski definition) is 4. The molecule has 0 bridgehead atoms. The number of anilines is 2. The second-order valence-electron chi connectivity index (χ2n) is 9.24. The van der Waals surface area contributed by atoms with Crippen molar-refractivity contribution in [3.8, 4) is 5.69 Å². The Morgan fingerprint density at radius 2 is 1.91 bits per heavy atom. The molecule has 1 aliphatic rings. The molecule has 3 aromatic rings. The van der Waals surface area contributed by atoms with Crippen molar-refractivity contribution in [2.45, 2.75) is 32.7 Å². The molecule has 0 aliphatic carbocycles. The topological polar surface area (TPSA) is 71.4 Å². The highest BCUT2D eigenvalue weighted by atomic mass is 35.5. The van der Waals surface area contributed by atoms with Crippen LogP contribution in [0, 0.1) is 5.82 Å². The molecular weight excluding hydrogens is 457 g/mol. The molecule has 0 radical (unpaired) electrons. The van der Waals surface area contributed by atoms with Gasteiger partial charge in [0.2, 0.25) is 0 Å². The van der Waals surface area contributed by atoms with Crippen LogP contribution in [0.1, 0.15) is 32.2 Å². The van der Waals surface area contributed by atoms with Crippen LogP contribution >= 0.6 is 11.6 Å². The number of carbonyl (C=O) groups is 1. The number of ether oxygens (including phenoxy) is 1. The number of aromatic nitrogens is 2. The Balaban J connectivity index is 1.45. The lowest BCUT2D eigenvalue weighted by Gasteiger charge is -2.29. The predicted octanol–water partition coefficient (Wildman–Crippen LogP) is 5.12. The number of urea groups is 1. The highest BCUT2D eigenvalue weighted by Gasteiger charge is 2.21. The lowest BCUT2D eigenvalue weighted by Crippen LogP contribution is -2.36. The lowest BCUT2D eigenvalue weighted by atomic mass is 9.92. The number of morpholine rings is 1. The van der Waals surface area contributed by atoms with Crippen LogP contribution < -0.4 is 15.5 Å². The van der Waals surface area contributed by atoms with Crippen molar-refractivity contribution in [2.24, 2.45) is 0 Å². The minimum absolute atomic E-state index is 0.166. The third-order valence-electron chi connectivity index (χ3n) is 5.59. The molecular formula is C25H29ClFN5O2. The molecule has 4 rings (SSSR count). The smallest absolute Gasteiger partial charge is 0.319 e. The van der Waals surface area contributed by atoms with E-state index in [1.807, 2.05) is 29.2 Å². The van der Waals surface area contributed by atoms with Crippen LogP contribution in [0.15, 0.2) is 48.5 Å². The van der Waals surface area contributed by atoms with E-state index in [4.69, 9.17) is 21.4 Å². The number of benzene rings is 2. The summed E-state index contributed by atoms with van der Waals surface area (Å²) in [7, 11) is 0. The first-order valence-corrected chi connectivity index (χ1v) is 11.6. The summed E-state index contributed by atoms with van der Waals surface area (Å²) in [4.78, 5) is 14.5. The number of rotatable bonds is 5. The number of halogens is 2. The van der Waals surface area contributed by atoms with Gasteiger partial charge in [-0.05, 0) is 42.5 Å². The van der Waals surface area contributed by atoms with Gasteiger partial charge in [0.25, 0.3) is 0 Å². The van der Waals surface area contributed by atoms with E-state index in [2.05, 4.69) is 31.4 Å². The normalized spacial score (nSPS) is 14.2. The molecule has 0 atom stereocenters. The zero-order valence-corrected chi connectivity index (χ0v) is 20.3. The zero-order chi connectivity index (χ0) is 24.3. The molecule has 9 heteroatoms. The van der Waals surface area contributed by atoms with E-state index in [1.165, 1.54) is 6.07 Å². The van der Waals surface area contributed by atoms with Gasteiger partial charge in [0.1, 0.15) is 5.82 Å². The molecule has 0 spiro atoms. The minimum Gasteiger partial charge on any atom is -0.378 e. The van der Waals surface area contributed by atoms with Crippen LogP contribution in [-0.4, -0.2) is 42.1 Å². The molecule has 2 heterocycles. The monoisotopic (exact) mass is 485 g/mol. The second kappa shape index (κ2) is 10.0. The van der Waals surface area contributed by atoms with Crippen LogP contribution in [0.3, 0.4) is 0 Å². The van der Waals surface area contributed by atoms with E-state index in [9.17, 15) is 9.18 Å². The van der Waals surface area contributed by atoms with Gasteiger partial charge in [-0.3, -0.25) is 0 Å². The van der Waals surface area contributed by atoms with E-state index >= 15 is 0 Å². The Morgan fingerprint density at radius 1 is 1.15 bits per heavy atom. The number of nitrogens with zero attached hydrogens (tertiary/aromatic N) is 3.